The van der Waals surface area contributed by atoms with E-state index in [0.717, 1.165) is 23.8 Å². The molecule has 18 heavy (non-hydrogen) atoms. The first-order valence-corrected chi connectivity index (χ1v) is 7.74. The average molecular weight is 286 g/mol. The maximum Gasteiger partial charge on any atom is 0.410 e. The van der Waals surface area contributed by atoms with Crippen molar-refractivity contribution < 1.29 is 9.53 Å². The zero-order valence-corrected chi connectivity index (χ0v) is 12.5. The Morgan fingerprint density at radius 2 is 2.39 bits per heavy atom. The van der Waals surface area contributed by atoms with Gasteiger partial charge in [0.2, 0.25) is 0 Å². The van der Waals surface area contributed by atoms with Crippen molar-refractivity contribution in [2.75, 3.05) is 13.1 Å². The van der Waals surface area contributed by atoms with Gasteiger partial charge in [0.15, 0.2) is 0 Å². The van der Waals surface area contributed by atoms with Crippen molar-refractivity contribution in [1.82, 2.24) is 9.88 Å². The van der Waals surface area contributed by atoms with Gasteiger partial charge in [-0.25, -0.2) is 9.78 Å². The summed E-state index contributed by atoms with van der Waals surface area (Å²) in [5, 5.41) is 2.41. The van der Waals surface area contributed by atoms with Crippen molar-refractivity contribution in [3.8, 4) is 0 Å². The van der Waals surface area contributed by atoms with E-state index in [9.17, 15) is 4.79 Å². The van der Waals surface area contributed by atoms with Crippen molar-refractivity contribution in [3.63, 3.8) is 0 Å². The van der Waals surface area contributed by atoms with E-state index >= 15 is 0 Å². The molecule has 2 heterocycles. The van der Waals surface area contributed by atoms with Crippen molar-refractivity contribution in [2.45, 2.75) is 42.4 Å². The van der Waals surface area contributed by atoms with Crippen LogP contribution in [0.15, 0.2) is 15.9 Å². The minimum absolute atomic E-state index is 0.204. The molecular weight excluding hydrogens is 268 g/mol. The van der Waals surface area contributed by atoms with Crippen molar-refractivity contribution >= 4 is 29.2 Å². The van der Waals surface area contributed by atoms with Crippen LogP contribution in [0.3, 0.4) is 0 Å². The summed E-state index contributed by atoms with van der Waals surface area (Å²) in [5.41, 5.74) is -0.419. The predicted molar refractivity (Wildman–Crippen MR) is 74.2 cm³/mol. The SMILES string of the molecule is CC(C)(C)OC(=O)N1CCC(Sc2nccs2)C1. The van der Waals surface area contributed by atoms with Crippen LogP contribution in [0.25, 0.3) is 0 Å². The van der Waals surface area contributed by atoms with Crippen LogP contribution in [0.5, 0.6) is 0 Å². The molecule has 1 fully saturated rings. The van der Waals surface area contributed by atoms with Crippen LogP contribution >= 0.6 is 23.1 Å². The molecule has 0 spiro atoms. The number of rotatable bonds is 2. The normalized spacial score (nSPS) is 20.2. The van der Waals surface area contributed by atoms with Crippen LogP contribution in [0, 0.1) is 0 Å². The van der Waals surface area contributed by atoms with Crippen LogP contribution in [0.1, 0.15) is 27.2 Å². The Balaban J connectivity index is 1.83. The fourth-order valence-electron chi connectivity index (χ4n) is 1.73. The molecule has 0 aromatic carbocycles. The minimum Gasteiger partial charge on any atom is -0.444 e. The Labute approximate surface area is 116 Å². The molecule has 1 aromatic heterocycles. The van der Waals surface area contributed by atoms with E-state index in [1.165, 1.54) is 0 Å². The van der Waals surface area contributed by atoms with Gasteiger partial charge in [-0.15, -0.1) is 11.3 Å². The fraction of sp³-hybridized carbons (Fsp3) is 0.667. The van der Waals surface area contributed by atoms with E-state index in [4.69, 9.17) is 4.74 Å². The quantitative estimate of drug-likeness (QED) is 0.837. The van der Waals surface area contributed by atoms with Gasteiger partial charge in [0, 0.05) is 29.9 Å². The molecule has 0 saturated carbocycles. The first-order chi connectivity index (χ1) is 8.44. The highest BCUT2D eigenvalue weighted by molar-refractivity contribution is 8.01. The second-order valence-corrected chi connectivity index (χ2v) is 7.69. The van der Waals surface area contributed by atoms with E-state index in [2.05, 4.69) is 4.98 Å². The predicted octanol–water partition coefficient (Wildman–Crippen LogP) is 3.24. The van der Waals surface area contributed by atoms with Crippen LogP contribution in [-0.2, 0) is 4.74 Å². The average Bonchev–Trinajstić information content (AvgIpc) is 2.86. The number of hydrogen-bond donors (Lipinski definition) is 0. The lowest BCUT2D eigenvalue weighted by atomic mass is 10.2. The number of nitrogens with zero attached hydrogens (tertiary/aromatic N) is 2. The Morgan fingerprint density at radius 1 is 1.61 bits per heavy atom. The number of carbonyl (C=O) groups is 1. The number of likely N-dealkylation sites (tertiary alicyclic amines) is 1. The molecule has 0 bridgehead atoms. The monoisotopic (exact) mass is 286 g/mol. The Bertz CT molecular complexity index is 401. The summed E-state index contributed by atoms with van der Waals surface area (Å²) >= 11 is 3.40. The second-order valence-electron chi connectivity index (χ2n) is 5.25. The zero-order valence-electron chi connectivity index (χ0n) is 10.9. The van der Waals surface area contributed by atoms with Crippen molar-refractivity contribution in [1.29, 1.82) is 0 Å². The smallest absolute Gasteiger partial charge is 0.410 e. The Morgan fingerprint density at radius 3 is 3.00 bits per heavy atom. The molecule has 1 atom stereocenters. The molecule has 1 aromatic rings. The summed E-state index contributed by atoms with van der Waals surface area (Å²) in [7, 11) is 0. The summed E-state index contributed by atoms with van der Waals surface area (Å²) in [5.74, 6) is 0. The van der Waals surface area contributed by atoms with E-state index in [-0.39, 0.29) is 6.09 Å². The molecular formula is C12H18N2O2S2. The third-order valence-electron chi connectivity index (χ3n) is 2.47. The molecule has 1 saturated heterocycles. The van der Waals surface area contributed by atoms with Gasteiger partial charge in [-0.3, -0.25) is 0 Å². The molecule has 4 nitrogen and oxygen atoms in total. The lowest BCUT2D eigenvalue weighted by Crippen LogP contribution is -2.35. The molecule has 6 heteroatoms. The highest BCUT2D eigenvalue weighted by Gasteiger charge is 2.30. The highest BCUT2D eigenvalue weighted by Crippen LogP contribution is 2.31. The molecule has 100 valence electrons. The number of amides is 1. The zero-order chi connectivity index (χ0) is 13.2. The van der Waals surface area contributed by atoms with Gasteiger partial charge in [-0.05, 0) is 27.2 Å². The summed E-state index contributed by atoms with van der Waals surface area (Å²) in [6, 6.07) is 0. The van der Waals surface area contributed by atoms with Gasteiger partial charge < -0.3 is 9.64 Å². The third-order valence-corrected chi connectivity index (χ3v) is 4.64. The fourth-order valence-corrected chi connectivity index (χ4v) is 3.77. The first-order valence-electron chi connectivity index (χ1n) is 5.98. The number of hydrogen-bond acceptors (Lipinski definition) is 5. The second kappa shape index (κ2) is 5.48. The molecule has 1 amide bonds. The van der Waals surface area contributed by atoms with Crippen LogP contribution in [0.2, 0.25) is 0 Å². The van der Waals surface area contributed by atoms with Gasteiger partial charge in [0.05, 0.1) is 0 Å². The molecule has 0 N–H and O–H groups in total. The lowest BCUT2D eigenvalue weighted by Gasteiger charge is -2.24. The van der Waals surface area contributed by atoms with Gasteiger partial charge in [0.1, 0.15) is 9.94 Å². The summed E-state index contributed by atoms with van der Waals surface area (Å²) in [6.07, 6.45) is 2.61. The lowest BCUT2D eigenvalue weighted by molar-refractivity contribution is 0.0295. The topological polar surface area (TPSA) is 42.4 Å². The van der Waals surface area contributed by atoms with Crippen molar-refractivity contribution in [3.05, 3.63) is 11.6 Å². The van der Waals surface area contributed by atoms with Gasteiger partial charge >= 0.3 is 6.09 Å². The van der Waals surface area contributed by atoms with E-state index in [1.807, 2.05) is 32.3 Å². The standard InChI is InChI=1S/C12H18N2O2S2/c1-12(2,3)16-11(15)14-6-4-9(8-14)18-10-13-5-7-17-10/h5,7,9H,4,6,8H2,1-3H3. The number of aromatic nitrogens is 1. The van der Waals surface area contributed by atoms with Gasteiger partial charge in [0.25, 0.3) is 0 Å². The number of ether oxygens (including phenoxy) is 1. The summed E-state index contributed by atoms with van der Waals surface area (Å²) < 4.78 is 6.44. The molecule has 1 aliphatic heterocycles. The number of thioether (sulfide) groups is 1. The maximum atomic E-state index is 11.9. The summed E-state index contributed by atoms with van der Waals surface area (Å²) in [6.45, 7) is 7.20. The van der Waals surface area contributed by atoms with Crippen LogP contribution < -0.4 is 0 Å². The van der Waals surface area contributed by atoms with Crippen LogP contribution in [-0.4, -0.2) is 39.9 Å². The molecule has 1 aliphatic rings. The Kier molecular flexibility index (Phi) is 4.17. The minimum atomic E-state index is -0.419. The van der Waals surface area contributed by atoms with Crippen LogP contribution in [0.4, 0.5) is 4.79 Å². The maximum absolute atomic E-state index is 11.9. The van der Waals surface area contributed by atoms with Gasteiger partial charge in [-0.2, -0.15) is 0 Å². The van der Waals surface area contributed by atoms with Gasteiger partial charge in [-0.1, -0.05) is 11.8 Å². The number of thiazole rings is 1. The first kappa shape index (κ1) is 13.7. The van der Waals surface area contributed by atoms with E-state index in [0.29, 0.717) is 5.25 Å². The highest BCUT2D eigenvalue weighted by atomic mass is 32.2. The molecule has 0 aliphatic carbocycles. The van der Waals surface area contributed by atoms with Crippen molar-refractivity contribution in [2.24, 2.45) is 0 Å². The Hall–Kier alpha value is -0.750. The van der Waals surface area contributed by atoms with E-state index < -0.39 is 5.60 Å². The van der Waals surface area contributed by atoms with E-state index in [1.54, 1.807) is 28.0 Å². The largest absolute Gasteiger partial charge is 0.444 e. The number of carbonyl (C=O) groups excluding carboxylic acids is 1. The molecule has 2 rings (SSSR count). The summed E-state index contributed by atoms with van der Waals surface area (Å²) in [4.78, 5) is 17.9. The molecule has 0 radical (unpaired) electrons. The molecule has 1 unspecified atom stereocenters. The third kappa shape index (κ3) is 3.88.